The van der Waals surface area contributed by atoms with E-state index in [0.29, 0.717) is 24.2 Å². The van der Waals surface area contributed by atoms with Crippen LogP contribution in [0.15, 0.2) is 11.8 Å². The summed E-state index contributed by atoms with van der Waals surface area (Å²) in [6.45, 7) is 6.40. The van der Waals surface area contributed by atoms with Crippen LogP contribution in [0, 0.1) is 34.5 Å². The van der Waals surface area contributed by atoms with E-state index in [1.807, 2.05) is 11.9 Å². The van der Waals surface area contributed by atoms with E-state index in [1.165, 1.54) is 6.42 Å². The highest BCUT2D eigenvalue weighted by molar-refractivity contribution is 5.81. The van der Waals surface area contributed by atoms with E-state index in [0.717, 1.165) is 63.7 Å². The van der Waals surface area contributed by atoms with Crippen LogP contribution in [0.2, 0.25) is 0 Å². The second-order valence-corrected chi connectivity index (χ2v) is 11.3. The molecule has 3 aliphatic carbocycles. The quantitative estimate of drug-likeness (QED) is 0.713. The van der Waals surface area contributed by atoms with Crippen LogP contribution in [0.5, 0.6) is 0 Å². The molecule has 0 bridgehead atoms. The van der Waals surface area contributed by atoms with Gasteiger partial charge in [0.25, 0.3) is 0 Å². The van der Waals surface area contributed by atoms with E-state index in [2.05, 4.69) is 24.8 Å². The first-order chi connectivity index (χ1) is 14.3. The lowest BCUT2D eigenvalue weighted by Gasteiger charge is -2.60. The van der Waals surface area contributed by atoms with Gasteiger partial charge in [0.1, 0.15) is 0 Å². The molecule has 30 heavy (non-hydrogen) atoms. The molecule has 0 aromatic rings. The van der Waals surface area contributed by atoms with Crippen molar-refractivity contribution in [1.29, 1.82) is 0 Å². The van der Waals surface area contributed by atoms with Crippen molar-refractivity contribution in [2.45, 2.75) is 77.7 Å². The largest absolute Gasteiger partial charge is 0.393 e. The summed E-state index contributed by atoms with van der Waals surface area (Å²) < 4.78 is 0. The Labute approximate surface area is 180 Å². The molecule has 4 fully saturated rings. The van der Waals surface area contributed by atoms with Crippen LogP contribution in [-0.4, -0.2) is 53.0 Å². The van der Waals surface area contributed by atoms with E-state index in [-0.39, 0.29) is 28.6 Å². The van der Waals surface area contributed by atoms with Crippen molar-refractivity contribution < 1.29 is 14.7 Å². The topological polar surface area (TPSA) is 60.9 Å². The number of likely N-dealkylation sites (tertiary alicyclic amines) is 2. The summed E-state index contributed by atoms with van der Waals surface area (Å²) in [6.07, 6.45) is 10.5. The minimum Gasteiger partial charge on any atom is -0.393 e. The molecule has 166 valence electrons. The van der Waals surface area contributed by atoms with Gasteiger partial charge in [-0.15, -0.1) is 0 Å². The summed E-state index contributed by atoms with van der Waals surface area (Å²) in [6, 6.07) is 0. The van der Waals surface area contributed by atoms with Crippen molar-refractivity contribution in [3.63, 3.8) is 0 Å². The number of allylic oxidation sites excluding steroid dienone is 2. The molecule has 2 saturated carbocycles. The maximum absolute atomic E-state index is 13.5. The number of aliphatic hydroxyl groups excluding tert-OH is 1. The lowest BCUT2D eigenvalue weighted by atomic mass is 9.48. The fraction of sp³-hybridized carbons (Fsp3) is 0.840. The molecule has 1 N–H and O–H groups in total. The van der Waals surface area contributed by atoms with Gasteiger partial charge in [-0.3, -0.25) is 9.59 Å². The van der Waals surface area contributed by atoms with Gasteiger partial charge < -0.3 is 14.9 Å². The monoisotopic (exact) mass is 414 g/mol. The fourth-order valence-corrected chi connectivity index (χ4v) is 8.46. The van der Waals surface area contributed by atoms with Gasteiger partial charge in [0.2, 0.25) is 11.8 Å². The molecule has 5 nitrogen and oxygen atoms in total. The third kappa shape index (κ3) is 2.76. The number of aliphatic hydroxyl groups is 1. The zero-order valence-corrected chi connectivity index (χ0v) is 18.9. The van der Waals surface area contributed by atoms with Crippen molar-refractivity contribution in [2.75, 3.05) is 20.1 Å². The number of fused-ring (bicyclic) bond motifs is 5. The van der Waals surface area contributed by atoms with Crippen molar-refractivity contribution in [3.8, 4) is 0 Å². The molecule has 5 rings (SSSR count). The van der Waals surface area contributed by atoms with Crippen LogP contribution in [-0.2, 0) is 9.59 Å². The number of hydrogen-bond donors (Lipinski definition) is 1. The van der Waals surface area contributed by atoms with Gasteiger partial charge in [0.15, 0.2) is 0 Å². The molecule has 2 saturated heterocycles. The van der Waals surface area contributed by atoms with Crippen molar-refractivity contribution in [1.82, 2.24) is 9.80 Å². The second-order valence-electron chi connectivity index (χ2n) is 11.3. The molecule has 4 unspecified atom stereocenters. The van der Waals surface area contributed by atoms with E-state index in [9.17, 15) is 14.7 Å². The summed E-state index contributed by atoms with van der Waals surface area (Å²) in [5, 5.41) is 11.5. The van der Waals surface area contributed by atoms with Gasteiger partial charge in [-0.2, -0.15) is 0 Å². The highest BCUT2D eigenvalue weighted by Crippen LogP contribution is 2.66. The first-order valence-corrected chi connectivity index (χ1v) is 12.2. The van der Waals surface area contributed by atoms with Crippen molar-refractivity contribution in [3.05, 3.63) is 11.8 Å². The highest BCUT2D eigenvalue weighted by Gasteiger charge is 2.63. The minimum absolute atomic E-state index is 0.0602. The molecule has 2 aliphatic heterocycles. The van der Waals surface area contributed by atoms with Gasteiger partial charge in [0, 0.05) is 43.6 Å². The number of piperidine rings is 2. The Hall–Kier alpha value is -1.36. The summed E-state index contributed by atoms with van der Waals surface area (Å²) in [5.41, 5.74) is 0.885. The lowest BCUT2D eigenvalue weighted by Crippen LogP contribution is -2.59. The smallest absolute Gasteiger partial charge is 0.226 e. The van der Waals surface area contributed by atoms with E-state index in [4.69, 9.17) is 0 Å². The molecular weight excluding hydrogens is 376 g/mol. The molecule has 5 aliphatic rings. The Bertz CT molecular complexity index is 772. The van der Waals surface area contributed by atoms with Gasteiger partial charge in [-0.25, -0.2) is 0 Å². The van der Waals surface area contributed by atoms with Crippen LogP contribution in [0.4, 0.5) is 0 Å². The third-order valence-corrected chi connectivity index (χ3v) is 9.91. The van der Waals surface area contributed by atoms with E-state index < -0.39 is 6.10 Å². The maximum Gasteiger partial charge on any atom is 0.226 e. The Morgan fingerprint density at radius 1 is 1.17 bits per heavy atom. The molecule has 2 amide bonds. The van der Waals surface area contributed by atoms with E-state index >= 15 is 0 Å². The molecule has 7 atom stereocenters. The highest BCUT2D eigenvalue weighted by atomic mass is 16.3. The number of nitrogens with zero attached hydrogens (tertiary/aromatic N) is 2. The normalized spacial score (nSPS) is 46.1. The number of carbonyl (C=O) groups is 2. The zero-order chi connectivity index (χ0) is 21.3. The predicted octanol–water partition coefficient (Wildman–Crippen LogP) is 3.57. The molecule has 0 spiro atoms. The van der Waals surface area contributed by atoms with Crippen LogP contribution in [0.1, 0.15) is 71.6 Å². The van der Waals surface area contributed by atoms with Gasteiger partial charge >= 0.3 is 0 Å². The van der Waals surface area contributed by atoms with Gasteiger partial charge in [0.05, 0.1) is 6.10 Å². The molecule has 0 radical (unpaired) electrons. The summed E-state index contributed by atoms with van der Waals surface area (Å²) in [7, 11) is 1.90. The zero-order valence-electron chi connectivity index (χ0n) is 18.9. The van der Waals surface area contributed by atoms with Crippen LogP contribution in [0.3, 0.4) is 0 Å². The summed E-state index contributed by atoms with van der Waals surface area (Å²) in [4.78, 5) is 29.8. The maximum atomic E-state index is 13.5. The molecule has 5 heteroatoms. The number of hydrogen-bond acceptors (Lipinski definition) is 3. The fourth-order valence-electron chi connectivity index (χ4n) is 8.46. The Morgan fingerprint density at radius 2 is 1.90 bits per heavy atom. The van der Waals surface area contributed by atoms with Crippen molar-refractivity contribution in [2.24, 2.45) is 34.5 Å². The average Bonchev–Trinajstić information content (AvgIpc) is 3.07. The molecule has 0 aromatic carbocycles. The Kier molecular flexibility index (Phi) is 4.85. The van der Waals surface area contributed by atoms with Crippen LogP contribution in [0.25, 0.3) is 0 Å². The number of amides is 2. The summed E-state index contributed by atoms with van der Waals surface area (Å²) in [5.74, 6) is 1.70. The number of carbonyl (C=O) groups excluding carboxylic acids is 2. The lowest BCUT2D eigenvalue weighted by molar-refractivity contribution is -0.156. The first kappa shape index (κ1) is 20.5. The Balaban J connectivity index is 1.45. The van der Waals surface area contributed by atoms with Crippen LogP contribution < -0.4 is 0 Å². The van der Waals surface area contributed by atoms with E-state index in [1.54, 1.807) is 0 Å². The van der Waals surface area contributed by atoms with Crippen LogP contribution >= 0.6 is 0 Å². The minimum atomic E-state index is -0.402. The van der Waals surface area contributed by atoms with Crippen molar-refractivity contribution >= 4 is 11.8 Å². The molecular formula is C25H38N2O3. The first-order valence-electron chi connectivity index (χ1n) is 12.2. The molecule has 2 heterocycles. The third-order valence-electron chi connectivity index (χ3n) is 9.91. The number of rotatable bonds is 1. The SMILES string of the molecule is CN1C(=O)CC[C@@]2(C)C1=CCC1C3CCC(C(=O)N4CCCCC4)[C@@]3(C)C[C@H](O)C12. The van der Waals surface area contributed by atoms with Gasteiger partial charge in [-0.05, 0) is 74.5 Å². The Morgan fingerprint density at radius 3 is 2.63 bits per heavy atom. The second kappa shape index (κ2) is 7.08. The molecule has 0 aromatic heterocycles. The predicted molar refractivity (Wildman–Crippen MR) is 115 cm³/mol. The summed E-state index contributed by atoms with van der Waals surface area (Å²) >= 11 is 0. The average molecular weight is 415 g/mol. The van der Waals surface area contributed by atoms with Gasteiger partial charge in [-0.1, -0.05) is 19.9 Å². The standard InChI is InChI=1S/C25H38N2O3/c1-24-12-11-21(29)26(3)20(24)10-7-16-17-8-9-18(23(30)27-13-5-4-6-14-27)25(17,2)15-19(28)22(16)24/h10,16-19,22,28H,4-9,11-15H2,1-3H3/t16?,17?,18?,19-,22?,24-,25-/m0/s1.